The van der Waals surface area contributed by atoms with E-state index in [9.17, 15) is 4.79 Å². The van der Waals surface area contributed by atoms with Gasteiger partial charge >= 0.3 is 0 Å². The van der Waals surface area contributed by atoms with Crippen LogP contribution in [0.2, 0.25) is 0 Å². The number of nitrogens with one attached hydrogen (secondary N) is 2. The number of H-pyrrole nitrogens is 1. The van der Waals surface area contributed by atoms with Crippen LogP contribution in [0.1, 0.15) is 56.5 Å². The standard InChI is InChI=1S/C13H20N4O/c1-5-6-7-8-9-14-11(18)10-15-12(17-16-10)13(2,3)4/h1H,6-9H2,2-4H3,(H,14,18)(H,15,16,17). The fraction of sp³-hybridized carbons (Fsp3) is 0.615. The number of carbonyl (C=O) groups excluding carboxylic acids is 1. The number of aromatic amines is 1. The zero-order chi connectivity index (χ0) is 13.6. The van der Waals surface area contributed by atoms with Gasteiger partial charge in [-0.1, -0.05) is 20.8 Å². The molecule has 0 saturated heterocycles. The first-order valence-corrected chi connectivity index (χ1v) is 6.09. The number of aromatic nitrogens is 3. The first-order chi connectivity index (χ1) is 8.45. The van der Waals surface area contributed by atoms with E-state index in [1.807, 2.05) is 20.8 Å². The summed E-state index contributed by atoms with van der Waals surface area (Å²) < 4.78 is 0. The highest BCUT2D eigenvalue weighted by atomic mass is 16.2. The van der Waals surface area contributed by atoms with Gasteiger partial charge in [-0.3, -0.25) is 9.89 Å². The van der Waals surface area contributed by atoms with Crippen molar-refractivity contribution in [2.45, 2.75) is 45.4 Å². The van der Waals surface area contributed by atoms with Gasteiger partial charge < -0.3 is 5.32 Å². The van der Waals surface area contributed by atoms with Crippen LogP contribution in [0.25, 0.3) is 0 Å². The zero-order valence-corrected chi connectivity index (χ0v) is 11.2. The van der Waals surface area contributed by atoms with E-state index in [0.29, 0.717) is 12.4 Å². The van der Waals surface area contributed by atoms with Crippen LogP contribution in [0.3, 0.4) is 0 Å². The van der Waals surface area contributed by atoms with Gasteiger partial charge in [0.2, 0.25) is 5.82 Å². The molecule has 0 aliphatic carbocycles. The number of amides is 1. The van der Waals surface area contributed by atoms with Gasteiger partial charge in [0.25, 0.3) is 5.91 Å². The molecule has 1 aromatic rings. The normalized spacial score (nSPS) is 11.0. The fourth-order valence-electron chi connectivity index (χ4n) is 1.33. The monoisotopic (exact) mass is 248 g/mol. The average molecular weight is 248 g/mol. The molecule has 2 N–H and O–H groups in total. The highest BCUT2D eigenvalue weighted by molar-refractivity contribution is 5.90. The molecule has 98 valence electrons. The largest absolute Gasteiger partial charge is 0.349 e. The van der Waals surface area contributed by atoms with E-state index in [0.717, 1.165) is 19.3 Å². The fourth-order valence-corrected chi connectivity index (χ4v) is 1.33. The molecule has 0 aromatic carbocycles. The van der Waals surface area contributed by atoms with Crippen LogP contribution in [0.4, 0.5) is 0 Å². The number of rotatable bonds is 5. The van der Waals surface area contributed by atoms with Crippen molar-refractivity contribution in [3.8, 4) is 12.3 Å². The van der Waals surface area contributed by atoms with E-state index in [-0.39, 0.29) is 17.1 Å². The number of terminal acetylenes is 1. The quantitative estimate of drug-likeness (QED) is 0.614. The molecule has 1 amide bonds. The summed E-state index contributed by atoms with van der Waals surface area (Å²) in [4.78, 5) is 15.9. The van der Waals surface area contributed by atoms with Gasteiger partial charge in [0.1, 0.15) is 5.82 Å². The lowest BCUT2D eigenvalue weighted by Crippen LogP contribution is -2.25. The minimum absolute atomic E-state index is 0.141. The van der Waals surface area contributed by atoms with Crippen molar-refractivity contribution < 1.29 is 4.79 Å². The van der Waals surface area contributed by atoms with Gasteiger partial charge in [0.05, 0.1) is 0 Å². The third-order valence-corrected chi connectivity index (χ3v) is 2.43. The molecule has 0 atom stereocenters. The average Bonchev–Trinajstić information content (AvgIpc) is 2.77. The predicted octanol–water partition coefficient (Wildman–Crippen LogP) is 1.64. The second kappa shape index (κ2) is 6.20. The Hall–Kier alpha value is -1.83. The second-order valence-corrected chi connectivity index (χ2v) is 5.17. The molecule has 0 saturated carbocycles. The molecule has 0 unspecified atom stereocenters. The highest BCUT2D eigenvalue weighted by Crippen LogP contribution is 2.17. The molecule has 1 aromatic heterocycles. The maximum Gasteiger partial charge on any atom is 0.290 e. The molecule has 0 bridgehead atoms. The predicted molar refractivity (Wildman–Crippen MR) is 70.1 cm³/mol. The summed E-state index contributed by atoms with van der Waals surface area (Å²) in [5, 5.41) is 9.48. The van der Waals surface area contributed by atoms with Gasteiger partial charge in [-0.2, -0.15) is 0 Å². The van der Waals surface area contributed by atoms with Crippen molar-refractivity contribution in [3.63, 3.8) is 0 Å². The molecule has 1 heterocycles. The Morgan fingerprint density at radius 1 is 1.44 bits per heavy atom. The lowest BCUT2D eigenvalue weighted by molar-refractivity contribution is 0.0943. The smallest absolute Gasteiger partial charge is 0.290 e. The number of carbonyl (C=O) groups is 1. The zero-order valence-electron chi connectivity index (χ0n) is 11.2. The minimum atomic E-state index is -0.248. The topological polar surface area (TPSA) is 70.7 Å². The Labute approximate surface area is 108 Å². The molecular formula is C13H20N4O. The summed E-state index contributed by atoms with van der Waals surface area (Å²) >= 11 is 0. The summed E-state index contributed by atoms with van der Waals surface area (Å²) in [6, 6.07) is 0. The summed E-state index contributed by atoms with van der Waals surface area (Å²) in [5.74, 6) is 3.22. The maximum absolute atomic E-state index is 11.7. The number of unbranched alkanes of at least 4 members (excludes halogenated alkanes) is 2. The van der Waals surface area contributed by atoms with Crippen LogP contribution in [-0.4, -0.2) is 27.6 Å². The van der Waals surface area contributed by atoms with Crippen LogP contribution >= 0.6 is 0 Å². The molecule has 0 spiro atoms. The molecule has 5 heteroatoms. The van der Waals surface area contributed by atoms with E-state index in [2.05, 4.69) is 26.4 Å². The minimum Gasteiger partial charge on any atom is -0.349 e. The molecular weight excluding hydrogens is 228 g/mol. The molecule has 1 rings (SSSR count). The molecule has 0 aliphatic heterocycles. The van der Waals surface area contributed by atoms with Gasteiger partial charge in [0, 0.05) is 18.4 Å². The molecule has 18 heavy (non-hydrogen) atoms. The van der Waals surface area contributed by atoms with E-state index in [1.165, 1.54) is 0 Å². The van der Waals surface area contributed by atoms with E-state index < -0.39 is 0 Å². The van der Waals surface area contributed by atoms with Crippen LogP contribution < -0.4 is 5.32 Å². The molecule has 0 aliphatic rings. The van der Waals surface area contributed by atoms with Crippen molar-refractivity contribution >= 4 is 5.91 Å². The third-order valence-electron chi connectivity index (χ3n) is 2.43. The Morgan fingerprint density at radius 3 is 2.72 bits per heavy atom. The van der Waals surface area contributed by atoms with Crippen LogP contribution in [-0.2, 0) is 5.41 Å². The highest BCUT2D eigenvalue weighted by Gasteiger charge is 2.20. The number of nitrogens with zero attached hydrogens (tertiary/aromatic N) is 2. The molecule has 5 nitrogen and oxygen atoms in total. The van der Waals surface area contributed by atoms with Crippen molar-refractivity contribution in [2.75, 3.05) is 6.54 Å². The number of hydrogen-bond acceptors (Lipinski definition) is 3. The van der Waals surface area contributed by atoms with Crippen molar-refractivity contribution in [3.05, 3.63) is 11.6 Å². The van der Waals surface area contributed by atoms with Gasteiger partial charge in [-0.05, 0) is 12.8 Å². The van der Waals surface area contributed by atoms with Crippen molar-refractivity contribution in [1.29, 1.82) is 0 Å². The van der Waals surface area contributed by atoms with Gasteiger partial charge in [-0.15, -0.1) is 17.4 Å². The Balaban J connectivity index is 2.43. The van der Waals surface area contributed by atoms with Gasteiger partial charge in [-0.25, -0.2) is 4.98 Å². The van der Waals surface area contributed by atoms with Crippen LogP contribution in [0.5, 0.6) is 0 Å². The first kappa shape index (κ1) is 14.2. The summed E-state index contributed by atoms with van der Waals surface area (Å²) in [6.07, 6.45) is 7.67. The first-order valence-electron chi connectivity index (χ1n) is 6.09. The van der Waals surface area contributed by atoms with Crippen molar-refractivity contribution in [2.24, 2.45) is 0 Å². The Bertz CT molecular complexity index is 437. The van der Waals surface area contributed by atoms with Crippen LogP contribution in [0, 0.1) is 12.3 Å². The second-order valence-electron chi connectivity index (χ2n) is 5.17. The van der Waals surface area contributed by atoms with E-state index in [4.69, 9.17) is 6.42 Å². The summed E-state index contributed by atoms with van der Waals surface area (Å²) in [7, 11) is 0. The molecule has 0 radical (unpaired) electrons. The third kappa shape index (κ3) is 4.21. The van der Waals surface area contributed by atoms with Gasteiger partial charge in [0.15, 0.2) is 0 Å². The summed E-state index contributed by atoms with van der Waals surface area (Å²) in [5.41, 5.74) is -0.141. The maximum atomic E-state index is 11.7. The SMILES string of the molecule is C#CCCCCNC(=O)c1n[nH]c(C(C)(C)C)n1. The lowest BCUT2D eigenvalue weighted by Gasteiger charge is -2.12. The summed E-state index contributed by atoms with van der Waals surface area (Å²) in [6.45, 7) is 6.62. The number of hydrogen-bond donors (Lipinski definition) is 2. The van der Waals surface area contributed by atoms with E-state index in [1.54, 1.807) is 0 Å². The van der Waals surface area contributed by atoms with E-state index >= 15 is 0 Å². The van der Waals surface area contributed by atoms with Crippen LogP contribution in [0.15, 0.2) is 0 Å². The van der Waals surface area contributed by atoms with Crippen molar-refractivity contribution in [1.82, 2.24) is 20.5 Å². The molecule has 0 fully saturated rings. The Kier molecular flexibility index (Phi) is 4.90. The Morgan fingerprint density at radius 2 is 2.17 bits per heavy atom. The lowest BCUT2D eigenvalue weighted by atomic mass is 9.96.